The second-order valence-electron chi connectivity index (χ2n) is 16.5. The molecule has 0 radical (unpaired) electrons. The first-order valence-electron chi connectivity index (χ1n) is 20.7. The summed E-state index contributed by atoms with van der Waals surface area (Å²) in [5.74, 6) is -1.96. The molecule has 2 aliphatic heterocycles. The number of rotatable bonds is 16. The molecule has 2 heterocycles. The van der Waals surface area contributed by atoms with E-state index < -0.39 is 59.9 Å². The third kappa shape index (κ3) is 11.8. The summed E-state index contributed by atoms with van der Waals surface area (Å²) in [6.07, 6.45) is 7.66. The smallest absolute Gasteiger partial charge is 0.246 e. The normalized spacial score (nSPS) is 23.2. The van der Waals surface area contributed by atoms with Crippen molar-refractivity contribution in [3.63, 3.8) is 0 Å². The van der Waals surface area contributed by atoms with Crippen LogP contribution < -0.4 is 21.3 Å². The molecule has 1 aromatic carbocycles. The van der Waals surface area contributed by atoms with Gasteiger partial charge in [-0.1, -0.05) is 90.1 Å². The van der Waals surface area contributed by atoms with Gasteiger partial charge in [-0.25, -0.2) is 0 Å². The van der Waals surface area contributed by atoms with E-state index in [2.05, 4.69) is 28.2 Å². The van der Waals surface area contributed by atoms with Crippen molar-refractivity contribution in [3.05, 3.63) is 35.9 Å². The number of carbonyl (C=O) groups is 6. The lowest BCUT2D eigenvalue weighted by Crippen LogP contribution is -2.61. The number of amides is 6. The Labute approximate surface area is 327 Å². The zero-order valence-electron chi connectivity index (χ0n) is 33.9. The Morgan fingerprint density at radius 2 is 1.40 bits per heavy atom. The van der Waals surface area contributed by atoms with Crippen LogP contribution >= 0.6 is 0 Å². The Morgan fingerprint density at radius 3 is 2.04 bits per heavy atom. The summed E-state index contributed by atoms with van der Waals surface area (Å²) in [7, 11) is 0. The van der Waals surface area contributed by atoms with Crippen LogP contribution in [0.15, 0.2) is 30.3 Å². The maximum absolute atomic E-state index is 14.4. The molecule has 13 nitrogen and oxygen atoms in total. The highest BCUT2D eigenvalue weighted by Crippen LogP contribution is 2.34. The van der Waals surface area contributed by atoms with Gasteiger partial charge < -0.3 is 36.2 Å². The Kier molecular flexibility index (Phi) is 16.5. The molecule has 1 saturated carbocycles. The van der Waals surface area contributed by atoms with E-state index in [1.165, 1.54) is 31.1 Å². The van der Waals surface area contributed by atoms with E-state index in [9.17, 15) is 33.9 Å². The lowest BCUT2D eigenvalue weighted by Gasteiger charge is -2.41. The molecule has 0 bridgehead atoms. The molecule has 8 atom stereocenters. The van der Waals surface area contributed by atoms with Crippen LogP contribution in [0, 0.1) is 17.8 Å². The van der Waals surface area contributed by atoms with Crippen molar-refractivity contribution < 1.29 is 33.9 Å². The van der Waals surface area contributed by atoms with Gasteiger partial charge >= 0.3 is 0 Å². The van der Waals surface area contributed by atoms with Crippen LogP contribution in [0.2, 0.25) is 0 Å². The minimum absolute atomic E-state index is 0.00140. The van der Waals surface area contributed by atoms with Gasteiger partial charge in [0.25, 0.3) is 0 Å². The van der Waals surface area contributed by atoms with E-state index in [0.717, 1.165) is 18.4 Å². The van der Waals surface area contributed by atoms with Crippen LogP contribution in [-0.2, 0) is 28.8 Å². The Hall–Kier alpha value is -4.00. The molecule has 3 fully saturated rings. The number of nitrogens with zero attached hydrogens (tertiary/aromatic N) is 2. The molecule has 306 valence electrons. The van der Waals surface area contributed by atoms with Gasteiger partial charge in [-0.05, 0) is 75.2 Å². The van der Waals surface area contributed by atoms with Gasteiger partial charge in [0.15, 0.2) is 0 Å². The number of carbonyl (C=O) groups excluding carboxylic acids is 6. The first-order chi connectivity index (χ1) is 26.2. The Balaban J connectivity index is 1.47. The fourth-order valence-corrected chi connectivity index (χ4v) is 8.53. The zero-order valence-corrected chi connectivity index (χ0v) is 33.9. The summed E-state index contributed by atoms with van der Waals surface area (Å²) >= 11 is 0. The maximum Gasteiger partial charge on any atom is 0.246 e. The molecular formula is C42H66N6O7. The highest BCUT2D eigenvalue weighted by molar-refractivity contribution is 5.97. The van der Waals surface area contributed by atoms with Crippen molar-refractivity contribution >= 4 is 35.4 Å². The third-order valence-corrected chi connectivity index (χ3v) is 11.8. The van der Waals surface area contributed by atoms with Gasteiger partial charge in [0, 0.05) is 26.1 Å². The average molecular weight is 767 g/mol. The van der Waals surface area contributed by atoms with Gasteiger partial charge in [0.05, 0.1) is 6.10 Å². The summed E-state index contributed by atoms with van der Waals surface area (Å²) in [4.78, 5) is 84.9. The quantitative estimate of drug-likeness (QED) is 0.171. The lowest BCUT2D eigenvalue weighted by molar-refractivity contribution is -0.148. The second-order valence-corrected chi connectivity index (χ2v) is 16.5. The van der Waals surface area contributed by atoms with Gasteiger partial charge in [0.2, 0.25) is 35.4 Å². The average Bonchev–Trinajstić information content (AvgIpc) is 3.68. The maximum atomic E-state index is 14.4. The fraction of sp³-hybridized carbons (Fsp3) is 0.714. The molecule has 1 aliphatic carbocycles. The zero-order chi connectivity index (χ0) is 40.2. The number of aliphatic hydroxyl groups is 1. The standard InChI is InChI=1S/C42H66N6O7/c1-7-21-43-40(53)37(29(6)49)46-38(51)33-19-14-22-47(33)41(54)28(5)44-39(52)34-25-32(31-17-12-9-13-18-31)20-23-48(34)42(55)36(26(2)3)45-35(50)24-27(4)30-15-10-8-11-16-30/h9,12-13,17-18,26-30,32-34,36-37,49H,7-8,10-11,14-16,19-25H2,1-6H3,(H,43,53)(H,44,52)(H,45,50)(H,46,51)/t27-,28-,29+,32?,33-,34-,36-,37-/m0/s1. The summed E-state index contributed by atoms with van der Waals surface area (Å²) in [6.45, 7) is 11.8. The van der Waals surface area contributed by atoms with E-state index in [0.29, 0.717) is 57.5 Å². The number of piperidine rings is 1. The molecule has 6 amide bonds. The molecule has 13 heteroatoms. The van der Waals surface area contributed by atoms with Crippen molar-refractivity contribution in [2.75, 3.05) is 19.6 Å². The molecule has 1 aromatic rings. The summed E-state index contributed by atoms with van der Waals surface area (Å²) in [5, 5.41) is 21.5. The minimum atomic E-state index is -1.18. The SMILES string of the molecule is CCCNC(=O)[C@@H](NC(=O)[C@@H]1CCCN1C(=O)[C@H](C)NC(=O)[C@@H]1CC(c2ccccc2)CCN1C(=O)[C@@H](NC(=O)C[C@H](C)C1CCCCC1)C(C)C)[C@@H](C)O. The highest BCUT2D eigenvalue weighted by atomic mass is 16.3. The van der Waals surface area contributed by atoms with Gasteiger partial charge in [0.1, 0.15) is 30.2 Å². The molecule has 4 rings (SSSR count). The van der Waals surface area contributed by atoms with Gasteiger partial charge in [-0.15, -0.1) is 0 Å². The number of likely N-dealkylation sites (tertiary alicyclic amines) is 2. The van der Waals surface area contributed by atoms with Crippen LogP contribution in [0.25, 0.3) is 0 Å². The van der Waals surface area contributed by atoms with Crippen LogP contribution in [-0.4, -0.2) is 106 Å². The predicted molar refractivity (Wildman–Crippen MR) is 210 cm³/mol. The lowest BCUT2D eigenvalue weighted by atomic mass is 9.79. The van der Waals surface area contributed by atoms with E-state index in [-0.39, 0.29) is 36.1 Å². The van der Waals surface area contributed by atoms with E-state index in [4.69, 9.17) is 0 Å². The van der Waals surface area contributed by atoms with E-state index >= 15 is 0 Å². The largest absolute Gasteiger partial charge is 0.391 e. The number of aliphatic hydroxyl groups excluding tert-OH is 1. The molecule has 55 heavy (non-hydrogen) atoms. The first-order valence-corrected chi connectivity index (χ1v) is 20.7. The topological polar surface area (TPSA) is 177 Å². The van der Waals surface area contributed by atoms with Crippen molar-refractivity contribution in [3.8, 4) is 0 Å². The van der Waals surface area contributed by atoms with Crippen LogP contribution in [0.5, 0.6) is 0 Å². The number of hydrogen-bond acceptors (Lipinski definition) is 7. The van der Waals surface area contributed by atoms with Crippen LogP contribution in [0.1, 0.15) is 124 Å². The molecular weight excluding hydrogens is 700 g/mol. The molecule has 1 unspecified atom stereocenters. The Morgan fingerprint density at radius 1 is 0.745 bits per heavy atom. The summed E-state index contributed by atoms with van der Waals surface area (Å²) in [6, 6.07) is 5.08. The molecule has 2 saturated heterocycles. The second kappa shape index (κ2) is 20.8. The van der Waals surface area contributed by atoms with Crippen molar-refractivity contribution in [2.45, 2.75) is 154 Å². The Bertz CT molecular complexity index is 1470. The van der Waals surface area contributed by atoms with Crippen molar-refractivity contribution in [1.82, 2.24) is 31.1 Å². The highest BCUT2D eigenvalue weighted by Gasteiger charge is 2.43. The van der Waals surface area contributed by atoms with Gasteiger partial charge in [-0.2, -0.15) is 0 Å². The monoisotopic (exact) mass is 766 g/mol. The van der Waals surface area contributed by atoms with Gasteiger partial charge in [-0.3, -0.25) is 28.8 Å². The molecule has 3 aliphatic rings. The summed E-state index contributed by atoms with van der Waals surface area (Å²) in [5.41, 5.74) is 1.06. The first kappa shape index (κ1) is 43.7. The fourth-order valence-electron chi connectivity index (χ4n) is 8.53. The number of hydrogen-bond donors (Lipinski definition) is 5. The van der Waals surface area contributed by atoms with E-state index in [1.54, 1.807) is 11.8 Å². The van der Waals surface area contributed by atoms with Crippen LogP contribution in [0.3, 0.4) is 0 Å². The molecule has 0 aromatic heterocycles. The minimum Gasteiger partial charge on any atom is -0.391 e. The van der Waals surface area contributed by atoms with Crippen molar-refractivity contribution in [1.29, 1.82) is 0 Å². The summed E-state index contributed by atoms with van der Waals surface area (Å²) < 4.78 is 0. The van der Waals surface area contributed by atoms with E-state index in [1.807, 2.05) is 51.1 Å². The number of benzene rings is 1. The molecule has 0 spiro atoms. The molecule has 5 N–H and O–H groups in total. The van der Waals surface area contributed by atoms with Crippen molar-refractivity contribution in [2.24, 2.45) is 17.8 Å². The van der Waals surface area contributed by atoms with Crippen LogP contribution in [0.4, 0.5) is 0 Å². The third-order valence-electron chi connectivity index (χ3n) is 11.8. The predicted octanol–water partition coefficient (Wildman–Crippen LogP) is 3.40. The number of nitrogens with one attached hydrogen (secondary N) is 4.